The molecule has 0 saturated heterocycles. The van der Waals surface area contributed by atoms with E-state index < -0.39 is 0 Å². The molecule has 1 aliphatic rings. The summed E-state index contributed by atoms with van der Waals surface area (Å²) in [5.41, 5.74) is 0. The first kappa shape index (κ1) is 9.05. The normalized spacial score (nSPS) is 32.7. The smallest absolute Gasteiger partial charge is 0.0574 e. The van der Waals surface area contributed by atoms with Crippen LogP contribution in [0.25, 0.3) is 0 Å². The van der Waals surface area contributed by atoms with Crippen molar-refractivity contribution in [2.75, 3.05) is 7.11 Å². The summed E-state index contributed by atoms with van der Waals surface area (Å²) in [6.45, 7) is 4.64. The van der Waals surface area contributed by atoms with Gasteiger partial charge in [-0.2, -0.15) is 0 Å². The maximum Gasteiger partial charge on any atom is 0.0574 e. The van der Waals surface area contributed by atoms with Crippen LogP contribution >= 0.6 is 0 Å². The van der Waals surface area contributed by atoms with Crippen LogP contribution in [0.3, 0.4) is 0 Å². The van der Waals surface area contributed by atoms with Crippen molar-refractivity contribution in [3.63, 3.8) is 0 Å². The molecule has 0 bridgehead atoms. The summed E-state index contributed by atoms with van der Waals surface area (Å²) in [6.07, 6.45) is 5.89. The van der Waals surface area contributed by atoms with E-state index >= 15 is 0 Å². The summed E-state index contributed by atoms with van der Waals surface area (Å²) in [6, 6.07) is 0. The topological polar surface area (TPSA) is 9.23 Å². The van der Waals surface area contributed by atoms with Crippen molar-refractivity contribution in [1.29, 1.82) is 0 Å². The maximum atomic E-state index is 5.37. The minimum absolute atomic E-state index is 0.552. The summed E-state index contributed by atoms with van der Waals surface area (Å²) in [5, 5.41) is 0. The molecule has 0 amide bonds. The molecule has 1 heteroatoms. The molecule has 0 aromatic heterocycles. The van der Waals surface area contributed by atoms with Crippen LogP contribution in [-0.4, -0.2) is 13.2 Å². The molecule has 2 atom stereocenters. The number of hydrogen-bond donors (Lipinski definition) is 0. The lowest BCUT2D eigenvalue weighted by molar-refractivity contribution is 0.0408. The Hall–Kier alpha value is -0.0400. The summed E-state index contributed by atoms with van der Waals surface area (Å²) in [5.74, 6) is 1.75. The second kappa shape index (κ2) is 4.10. The van der Waals surface area contributed by atoms with Gasteiger partial charge in [0.1, 0.15) is 0 Å². The van der Waals surface area contributed by atoms with E-state index in [-0.39, 0.29) is 0 Å². The quantitative estimate of drug-likeness (QED) is 0.597. The number of rotatable bonds is 2. The Labute approximate surface area is 70.1 Å². The Morgan fingerprint density at radius 2 is 2.00 bits per heavy atom. The van der Waals surface area contributed by atoms with E-state index in [1.165, 1.54) is 25.7 Å². The van der Waals surface area contributed by atoms with E-state index in [1.807, 2.05) is 7.11 Å². The molecule has 0 N–H and O–H groups in total. The Kier molecular flexibility index (Phi) is 3.38. The zero-order valence-electron chi connectivity index (χ0n) is 7.97. The Morgan fingerprint density at radius 1 is 1.27 bits per heavy atom. The standard InChI is InChI=1S/C10H20O/c1-8(2)9-5-4-6-10(7-9)11-3/h8-10H,4-7H2,1-3H3/t9-,10-/m0/s1. The third kappa shape index (κ3) is 2.48. The van der Waals surface area contributed by atoms with Crippen LogP contribution < -0.4 is 0 Å². The molecule has 1 nitrogen and oxygen atoms in total. The van der Waals surface area contributed by atoms with Gasteiger partial charge in [-0.05, 0) is 24.7 Å². The van der Waals surface area contributed by atoms with Gasteiger partial charge in [-0.25, -0.2) is 0 Å². The molecule has 0 aromatic rings. The Balaban J connectivity index is 2.33. The van der Waals surface area contributed by atoms with Crippen LogP contribution in [0.15, 0.2) is 0 Å². The minimum atomic E-state index is 0.552. The van der Waals surface area contributed by atoms with Gasteiger partial charge in [0.15, 0.2) is 0 Å². The predicted molar refractivity (Wildman–Crippen MR) is 47.6 cm³/mol. The molecule has 11 heavy (non-hydrogen) atoms. The fraction of sp³-hybridized carbons (Fsp3) is 1.00. The van der Waals surface area contributed by atoms with E-state index in [0.29, 0.717) is 6.10 Å². The molecule has 0 radical (unpaired) electrons. The molecule has 1 fully saturated rings. The van der Waals surface area contributed by atoms with E-state index in [2.05, 4.69) is 13.8 Å². The van der Waals surface area contributed by atoms with E-state index in [1.54, 1.807) is 0 Å². The first-order valence-electron chi connectivity index (χ1n) is 4.76. The number of methoxy groups -OCH3 is 1. The molecule has 0 aromatic carbocycles. The molecule has 0 unspecified atom stereocenters. The van der Waals surface area contributed by atoms with Crippen LogP contribution in [0, 0.1) is 11.8 Å². The molecular weight excluding hydrogens is 136 g/mol. The average Bonchev–Trinajstić information content (AvgIpc) is 2.05. The number of hydrogen-bond acceptors (Lipinski definition) is 1. The third-order valence-electron chi connectivity index (χ3n) is 2.94. The fourth-order valence-corrected chi connectivity index (χ4v) is 2.00. The Bertz CT molecular complexity index is 109. The predicted octanol–water partition coefficient (Wildman–Crippen LogP) is 2.85. The van der Waals surface area contributed by atoms with Crippen molar-refractivity contribution < 1.29 is 4.74 Å². The largest absolute Gasteiger partial charge is 0.381 e. The average molecular weight is 156 g/mol. The monoisotopic (exact) mass is 156 g/mol. The Morgan fingerprint density at radius 3 is 2.55 bits per heavy atom. The van der Waals surface area contributed by atoms with Gasteiger partial charge in [-0.15, -0.1) is 0 Å². The van der Waals surface area contributed by atoms with Gasteiger partial charge in [-0.3, -0.25) is 0 Å². The highest BCUT2D eigenvalue weighted by atomic mass is 16.5. The summed E-state index contributed by atoms with van der Waals surface area (Å²) in [7, 11) is 1.84. The first-order chi connectivity index (χ1) is 5.24. The molecule has 0 aliphatic heterocycles. The highest BCUT2D eigenvalue weighted by Gasteiger charge is 2.23. The fourth-order valence-electron chi connectivity index (χ4n) is 2.00. The van der Waals surface area contributed by atoms with Crippen molar-refractivity contribution in [2.45, 2.75) is 45.6 Å². The molecule has 66 valence electrons. The van der Waals surface area contributed by atoms with Crippen molar-refractivity contribution in [2.24, 2.45) is 11.8 Å². The lowest BCUT2D eigenvalue weighted by Gasteiger charge is -2.30. The lowest BCUT2D eigenvalue weighted by Crippen LogP contribution is -2.24. The highest BCUT2D eigenvalue weighted by molar-refractivity contribution is 4.74. The van der Waals surface area contributed by atoms with Gasteiger partial charge in [0.2, 0.25) is 0 Å². The van der Waals surface area contributed by atoms with Crippen molar-refractivity contribution in [3.05, 3.63) is 0 Å². The third-order valence-corrected chi connectivity index (χ3v) is 2.94. The molecular formula is C10H20O. The lowest BCUT2D eigenvalue weighted by atomic mass is 9.80. The molecule has 0 heterocycles. The van der Waals surface area contributed by atoms with Gasteiger partial charge in [-0.1, -0.05) is 26.7 Å². The summed E-state index contributed by atoms with van der Waals surface area (Å²) >= 11 is 0. The molecule has 1 saturated carbocycles. The zero-order valence-corrected chi connectivity index (χ0v) is 7.97. The molecule has 1 aliphatic carbocycles. The minimum Gasteiger partial charge on any atom is -0.381 e. The van der Waals surface area contributed by atoms with Crippen LogP contribution in [0.5, 0.6) is 0 Å². The van der Waals surface area contributed by atoms with E-state index in [0.717, 1.165) is 11.8 Å². The van der Waals surface area contributed by atoms with Crippen LogP contribution in [0.1, 0.15) is 39.5 Å². The number of ether oxygens (including phenoxy) is 1. The van der Waals surface area contributed by atoms with Crippen molar-refractivity contribution >= 4 is 0 Å². The van der Waals surface area contributed by atoms with Gasteiger partial charge in [0, 0.05) is 7.11 Å². The van der Waals surface area contributed by atoms with Gasteiger partial charge < -0.3 is 4.74 Å². The van der Waals surface area contributed by atoms with Gasteiger partial charge in [0.05, 0.1) is 6.10 Å². The second-order valence-corrected chi connectivity index (χ2v) is 4.03. The van der Waals surface area contributed by atoms with E-state index in [9.17, 15) is 0 Å². The first-order valence-corrected chi connectivity index (χ1v) is 4.76. The van der Waals surface area contributed by atoms with Crippen LogP contribution in [0.4, 0.5) is 0 Å². The maximum absolute atomic E-state index is 5.37. The van der Waals surface area contributed by atoms with Crippen LogP contribution in [-0.2, 0) is 4.74 Å². The van der Waals surface area contributed by atoms with Crippen molar-refractivity contribution in [1.82, 2.24) is 0 Å². The molecule has 0 spiro atoms. The SMILES string of the molecule is CO[C@H]1CCC[C@H](C(C)C)C1. The van der Waals surface area contributed by atoms with Gasteiger partial charge in [0.25, 0.3) is 0 Å². The van der Waals surface area contributed by atoms with Crippen LogP contribution in [0.2, 0.25) is 0 Å². The second-order valence-electron chi connectivity index (χ2n) is 4.03. The van der Waals surface area contributed by atoms with Gasteiger partial charge >= 0.3 is 0 Å². The summed E-state index contributed by atoms with van der Waals surface area (Å²) in [4.78, 5) is 0. The highest BCUT2D eigenvalue weighted by Crippen LogP contribution is 2.30. The molecule has 1 rings (SSSR count). The van der Waals surface area contributed by atoms with Crippen molar-refractivity contribution in [3.8, 4) is 0 Å². The zero-order chi connectivity index (χ0) is 8.27. The summed E-state index contributed by atoms with van der Waals surface area (Å²) < 4.78 is 5.37. The van der Waals surface area contributed by atoms with E-state index in [4.69, 9.17) is 4.74 Å².